The van der Waals surface area contributed by atoms with Gasteiger partial charge in [-0.2, -0.15) is 5.26 Å². The summed E-state index contributed by atoms with van der Waals surface area (Å²) in [7, 11) is 0. The van der Waals surface area contributed by atoms with Crippen LogP contribution < -0.4 is 4.74 Å². The summed E-state index contributed by atoms with van der Waals surface area (Å²) in [6.07, 6.45) is 5.74. The van der Waals surface area contributed by atoms with Gasteiger partial charge in [0.15, 0.2) is 6.19 Å². The van der Waals surface area contributed by atoms with E-state index in [2.05, 4.69) is 27.1 Å². The number of piperidine rings is 1. The van der Waals surface area contributed by atoms with E-state index in [4.69, 9.17) is 15.0 Å². The number of rotatable bonds is 5. The zero-order chi connectivity index (χ0) is 17.8. The maximum absolute atomic E-state index is 8.94. The van der Waals surface area contributed by atoms with Crippen LogP contribution in [0.2, 0.25) is 0 Å². The van der Waals surface area contributed by atoms with Crippen LogP contribution in [0, 0.1) is 11.5 Å². The van der Waals surface area contributed by atoms with Crippen LogP contribution in [0.1, 0.15) is 29.5 Å². The molecule has 0 radical (unpaired) electrons. The van der Waals surface area contributed by atoms with Crippen LogP contribution >= 0.6 is 11.3 Å². The Morgan fingerprint density at radius 1 is 1.23 bits per heavy atom. The zero-order valence-electron chi connectivity index (χ0n) is 14.0. The predicted octanol–water partition coefficient (Wildman–Crippen LogP) is 2.36. The Labute approximate surface area is 154 Å². The summed E-state index contributed by atoms with van der Waals surface area (Å²) in [6.45, 7) is 2.08. The van der Waals surface area contributed by atoms with Crippen molar-refractivity contribution in [3.63, 3.8) is 0 Å². The number of tetrazole rings is 1. The third-order valence-corrected chi connectivity index (χ3v) is 5.45. The highest BCUT2D eigenvalue weighted by Gasteiger charge is 2.22. The molecule has 1 aliphatic rings. The van der Waals surface area contributed by atoms with Gasteiger partial charge in [0.05, 0.1) is 16.4 Å². The molecule has 0 spiro atoms. The lowest BCUT2D eigenvalue weighted by Gasteiger charge is -2.26. The molecule has 0 atom stereocenters. The maximum Gasteiger partial charge on any atom is 0.179 e. The molecule has 0 amide bonds. The van der Waals surface area contributed by atoms with Crippen LogP contribution in [-0.4, -0.2) is 43.2 Å². The van der Waals surface area contributed by atoms with E-state index in [0.717, 1.165) is 48.1 Å². The quantitative estimate of drug-likeness (QED) is 0.639. The maximum atomic E-state index is 8.94. The molecule has 2 aromatic heterocycles. The summed E-state index contributed by atoms with van der Waals surface area (Å²) in [5.41, 5.74) is 1.82. The Bertz CT molecular complexity index is 877. The molecular formula is C17H17N7OS. The fourth-order valence-electron chi connectivity index (χ4n) is 2.93. The van der Waals surface area contributed by atoms with E-state index in [1.54, 1.807) is 22.3 Å². The summed E-state index contributed by atoms with van der Waals surface area (Å²) in [6, 6.07) is 7.59. The third-order valence-electron chi connectivity index (χ3n) is 4.39. The normalized spacial score (nSPS) is 15.0. The van der Waals surface area contributed by atoms with Gasteiger partial charge in [-0.05, 0) is 47.5 Å². The molecule has 8 nitrogen and oxygen atoms in total. The van der Waals surface area contributed by atoms with E-state index in [0.29, 0.717) is 12.5 Å². The third kappa shape index (κ3) is 3.65. The Morgan fingerprint density at radius 3 is 2.73 bits per heavy atom. The van der Waals surface area contributed by atoms with Gasteiger partial charge < -0.3 is 9.64 Å². The molecule has 1 saturated heterocycles. The lowest BCUT2D eigenvalue weighted by atomic mass is 9.98. The summed E-state index contributed by atoms with van der Waals surface area (Å²) in [4.78, 5) is 6.53. The molecule has 1 aliphatic heterocycles. The first-order chi connectivity index (χ1) is 12.8. The standard InChI is InChI=1S/C17H17N7OS/c18-11-23-7-5-13(6-8-23)17-20-14(10-26-17)9-25-16-3-1-15(2-4-16)24-12-19-21-22-24/h1-4,10,12-13H,5-9H2. The van der Waals surface area contributed by atoms with Crippen LogP contribution in [0.5, 0.6) is 5.75 Å². The number of hydrogen-bond donors (Lipinski definition) is 0. The fraction of sp³-hybridized carbons (Fsp3) is 0.353. The van der Waals surface area contributed by atoms with Gasteiger partial charge in [0.2, 0.25) is 0 Å². The highest BCUT2D eigenvalue weighted by Crippen LogP contribution is 2.30. The first kappa shape index (κ1) is 16.5. The molecule has 1 aromatic carbocycles. The van der Waals surface area contributed by atoms with Crippen molar-refractivity contribution in [1.29, 1.82) is 5.26 Å². The van der Waals surface area contributed by atoms with Crippen molar-refractivity contribution in [2.45, 2.75) is 25.4 Å². The minimum atomic E-state index is 0.442. The summed E-state index contributed by atoms with van der Waals surface area (Å²) < 4.78 is 7.42. The van der Waals surface area contributed by atoms with Gasteiger partial charge in [-0.25, -0.2) is 9.67 Å². The fourth-order valence-corrected chi connectivity index (χ4v) is 3.91. The number of thiazole rings is 1. The number of ether oxygens (including phenoxy) is 1. The van der Waals surface area contributed by atoms with Gasteiger partial charge in [0, 0.05) is 24.4 Å². The largest absolute Gasteiger partial charge is 0.487 e. The van der Waals surface area contributed by atoms with Crippen LogP contribution in [0.3, 0.4) is 0 Å². The smallest absolute Gasteiger partial charge is 0.179 e. The van der Waals surface area contributed by atoms with Crippen molar-refractivity contribution in [2.24, 2.45) is 0 Å². The Balaban J connectivity index is 1.33. The summed E-state index contributed by atoms with van der Waals surface area (Å²) >= 11 is 1.68. The van der Waals surface area contributed by atoms with Gasteiger partial charge in [-0.15, -0.1) is 16.4 Å². The van der Waals surface area contributed by atoms with Crippen LogP contribution in [0.15, 0.2) is 36.0 Å². The topological polar surface area (TPSA) is 92.8 Å². The summed E-state index contributed by atoms with van der Waals surface area (Å²) in [5, 5.41) is 23.2. The Hall–Kier alpha value is -2.99. The van der Waals surface area contributed by atoms with Crippen LogP contribution in [0.25, 0.3) is 5.69 Å². The molecule has 0 saturated carbocycles. The zero-order valence-corrected chi connectivity index (χ0v) is 14.8. The van der Waals surface area contributed by atoms with Crippen molar-refractivity contribution in [1.82, 2.24) is 30.1 Å². The minimum Gasteiger partial charge on any atom is -0.487 e. The SMILES string of the molecule is N#CN1CCC(c2nc(COc3ccc(-n4cnnn4)cc3)cs2)CC1. The van der Waals surface area contributed by atoms with Crippen molar-refractivity contribution in [3.8, 4) is 17.6 Å². The van der Waals surface area contributed by atoms with Gasteiger partial charge >= 0.3 is 0 Å². The second kappa shape index (κ2) is 7.49. The van der Waals surface area contributed by atoms with Gasteiger partial charge in [-0.3, -0.25) is 0 Å². The molecule has 132 valence electrons. The molecule has 3 aromatic rings. The first-order valence-electron chi connectivity index (χ1n) is 8.37. The van der Waals surface area contributed by atoms with Crippen molar-refractivity contribution in [2.75, 3.05) is 13.1 Å². The van der Waals surface area contributed by atoms with Crippen LogP contribution in [-0.2, 0) is 6.61 Å². The lowest BCUT2D eigenvalue weighted by Crippen LogP contribution is -2.28. The molecule has 4 rings (SSSR count). The summed E-state index contributed by atoms with van der Waals surface area (Å²) in [5.74, 6) is 1.23. The molecule has 26 heavy (non-hydrogen) atoms. The van der Waals surface area contributed by atoms with Crippen molar-refractivity contribution in [3.05, 3.63) is 46.7 Å². The second-order valence-electron chi connectivity index (χ2n) is 6.08. The van der Waals surface area contributed by atoms with Gasteiger partial charge in [0.1, 0.15) is 18.7 Å². The van der Waals surface area contributed by atoms with Crippen molar-refractivity contribution < 1.29 is 4.74 Å². The Kier molecular flexibility index (Phi) is 4.75. The minimum absolute atomic E-state index is 0.442. The molecule has 0 unspecified atom stereocenters. The number of aromatic nitrogens is 5. The number of nitriles is 1. The number of likely N-dealkylation sites (tertiary alicyclic amines) is 1. The molecule has 1 fully saturated rings. The number of hydrogen-bond acceptors (Lipinski definition) is 8. The molecule has 0 bridgehead atoms. The monoisotopic (exact) mass is 367 g/mol. The predicted molar refractivity (Wildman–Crippen MR) is 94.8 cm³/mol. The van der Waals surface area contributed by atoms with E-state index in [-0.39, 0.29) is 0 Å². The highest BCUT2D eigenvalue weighted by atomic mass is 32.1. The number of nitrogens with zero attached hydrogens (tertiary/aromatic N) is 7. The van der Waals surface area contributed by atoms with E-state index in [1.807, 2.05) is 29.2 Å². The van der Waals surface area contributed by atoms with Gasteiger partial charge in [-0.1, -0.05) is 0 Å². The molecule has 9 heteroatoms. The van der Waals surface area contributed by atoms with E-state index < -0.39 is 0 Å². The highest BCUT2D eigenvalue weighted by molar-refractivity contribution is 7.09. The Morgan fingerprint density at radius 2 is 2.04 bits per heavy atom. The molecular weight excluding hydrogens is 350 g/mol. The lowest BCUT2D eigenvalue weighted by molar-refractivity contribution is 0.291. The first-order valence-corrected chi connectivity index (χ1v) is 9.25. The van der Waals surface area contributed by atoms with Crippen LogP contribution in [0.4, 0.5) is 0 Å². The van der Waals surface area contributed by atoms with E-state index in [1.165, 1.54) is 0 Å². The second-order valence-corrected chi connectivity index (χ2v) is 6.97. The van der Waals surface area contributed by atoms with Crippen molar-refractivity contribution >= 4 is 11.3 Å². The number of benzene rings is 1. The van der Waals surface area contributed by atoms with Gasteiger partial charge in [0.25, 0.3) is 0 Å². The molecule has 0 N–H and O–H groups in total. The van der Waals surface area contributed by atoms with E-state index in [9.17, 15) is 0 Å². The molecule has 3 heterocycles. The average Bonchev–Trinajstić information content (AvgIpc) is 3.39. The average molecular weight is 367 g/mol. The molecule has 0 aliphatic carbocycles. The van der Waals surface area contributed by atoms with E-state index >= 15 is 0 Å².